The fourth-order valence-corrected chi connectivity index (χ4v) is 4.21. The molecule has 1 saturated heterocycles. The van der Waals surface area contributed by atoms with Gasteiger partial charge in [-0.05, 0) is 48.9 Å². The topological polar surface area (TPSA) is 71.3 Å². The lowest BCUT2D eigenvalue weighted by Crippen LogP contribution is -2.42. The number of nitrogens with zero attached hydrogens (tertiary/aromatic N) is 3. The van der Waals surface area contributed by atoms with Gasteiger partial charge in [-0.15, -0.1) is 11.3 Å². The Morgan fingerprint density at radius 1 is 1.32 bits per heavy atom. The Morgan fingerprint density at radius 3 is 3.04 bits per heavy atom. The van der Waals surface area contributed by atoms with Crippen LogP contribution < -0.4 is 5.32 Å². The Balaban J connectivity index is 1.31. The van der Waals surface area contributed by atoms with E-state index >= 15 is 0 Å². The number of benzene rings is 1. The van der Waals surface area contributed by atoms with Gasteiger partial charge in [-0.25, -0.2) is 0 Å². The third-order valence-electron chi connectivity index (χ3n) is 5.16. The molecule has 6 nitrogen and oxygen atoms in total. The molecule has 28 heavy (non-hydrogen) atoms. The smallest absolute Gasteiger partial charge is 0.241 e. The second kappa shape index (κ2) is 8.67. The predicted octanol–water partition coefficient (Wildman–Crippen LogP) is 3.63. The summed E-state index contributed by atoms with van der Waals surface area (Å²) in [6, 6.07) is 12.1. The highest BCUT2D eigenvalue weighted by Crippen LogP contribution is 2.23. The number of amides is 1. The monoisotopic (exact) mass is 396 g/mol. The molecule has 0 bridgehead atoms. The van der Waals surface area contributed by atoms with Gasteiger partial charge < -0.3 is 9.84 Å². The largest absolute Gasteiger partial charge is 0.352 e. The van der Waals surface area contributed by atoms with Gasteiger partial charge in [0.05, 0.1) is 17.3 Å². The summed E-state index contributed by atoms with van der Waals surface area (Å²) in [4.78, 5) is 20.4. The molecule has 3 aromatic rings. The van der Waals surface area contributed by atoms with E-state index in [2.05, 4.69) is 39.4 Å². The van der Waals surface area contributed by atoms with Crippen LogP contribution in [0.4, 0.5) is 0 Å². The summed E-state index contributed by atoms with van der Waals surface area (Å²) in [5.74, 6) is 1.36. The zero-order chi connectivity index (χ0) is 19.3. The van der Waals surface area contributed by atoms with Gasteiger partial charge in [-0.1, -0.05) is 35.5 Å². The minimum absolute atomic E-state index is 0.00236. The van der Waals surface area contributed by atoms with Crippen LogP contribution in [0.25, 0.3) is 10.7 Å². The molecule has 1 fully saturated rings. The molecule has 1 unspecified atom stereocenters. The maximum absolute atomic E-state index is 12.7. The fourth-order valence-electron chi connectivity index (χ4n) is 3.56. The Hall–Kier alpha value is -2.51. The number of piperidine rings is 1. The highest BCUT2D eigenvalue weighted by molar-refractivity contribution is 7.13. The molecule has 146 valence electrons. The second-order valence-electron chi connectivity index (χ2n) is 7.21. The molecule has 0 radical (unpaired) electrons. The first-order valence-corrected chi connectivity index (χ1v) is 10.5. The molecule has 2 aromatic heterocycles. The average Bonchev–Trinajstić information content (AvgIpc) is 3.39. The summed E-state index contributed by atoms with van der Waals surface area (Å²) in [6.07, 6.45) is 1.91. The first-order valence-electron chi connectivity index (χ1n) is 9.60. The SMILES string of the molecule is Cc1ccccc1CNC(=O)C1CCCN(Cc2nc(-c3cccs3)no2)C1. The van der Waals surface area contributed by atoms with Crippen LogP contribution in [0.5, 0.6) is 0 Å². The summed E-state index contributed by atoms with van der Waals surface area (Å²) in [5, 5.41) is 9.17. The van der Waals surface area contributed by atoms with E-state index in [4.69, 9.17) is 4.52 Å². The first kappa shape index (κ1) is 18.8. The van der Waals surface area contributed by atoms with Crippen molar-refractivity contribution in [2.75, 3.05) is 13.1 Å². The van der Waals surface area contributed by atoms with Crippen molar-refractivity contribution in [3.05, 3.63) is 58.8 Å². The molecule has 1 atom stereocenters. The summed E-state index contributed by atoms with van der Waals surface area (Å²) < 4.78 is 5.41. The van der Waals surface area contributed by atoms with Crippen molar-refractivity contribution in [2.24, 2.45) is 5.92 Å². The van der Waals surface area contributed by atoms with Crippen LogP contribution in [0.3, 0.4) is 0 Å². The highest BCUT2D eigenvalue weighted by Gasteiger charge is 2.27. The molecule has 4 rings (SSSR count). The third kappa shape index (κ3) is 4.48. The van der Waals surface area contributed by atoms with Crippen LogP contribution in [0.2, 0.25) is 0 Å². The normalized spacial score (nSPS) is 17.5. The molecule has 7 heteroatoms. The van der Waals surface area contributed by atoms with Crippen molar-refractivity contribution in [3.8, 4) is 10.7 Å². The number of hydrogen-bond donors (Lipinski definition) is 1. The molecular weight excluding hydrogens is 372 g/mol. The Labute approximate surface area is 168 Å². The van der Waals surface area contributed by atoms with E-state index in [0.717, 1.165) is 36.4 Å². The van der Waals surface area contributed by atoms with E-state index in [9.17, 15) is 4.79 Å². The van der Waals surface area contributed by atoms with Gasteiger partial charge in [-0.2, -0.15) is 4.98 Å². The number of aryl methyl sites for hydroxylation is 1. The van der Waals surface area contributed by atoms with Gasteiger partial charge in [0.25, 0.3) is 0 Å². The molecule has 1 amide bonds. The molecular formula is C21H24N4O2S. The van der Waals surface area contributed by atoms with Gasteiger partial charge in [0.2, 0.25) is 17.6 Å². The van der Waals surface area contributed by atoms with E-state index in [-0.39, 0.29) is 11.8 Å². The molecule has 1 N–H and O–H groups in total. The van der Waals surface area contributed by atoms with Crippen LogP contribution in [0, 0.1) is 12.8 Å². The van der Waals surface area contributed by atoms with Crippen molar-refractivity contribution in [3.63, 3.8) is 0 Å². The van der Waals surface area contributed by atoms with Crippen molar-refractivity contribution >= 4 is 17.2 Å². The first-order chi connectivity index (χ1) is 13.7. The van der Waals surface area contributed by atoms with E-state index in [1.807, 2.05) is 29.6 Å². The number of thiophene rings is 1. The molecule has 1 aliphatic heterocycles. The highest BCUT2D eigenvalue weighted by atomic mass is 32.1. The number of hydrogen-bond acceptors (Lipinski definition) is 6. The van der Waals surface area contributed by atoms with Crippen LogP contribution >= 0.6 is 11.3 Å². The summed E-state index contributed by atoms with van der Waals surface area (Å²) >= 11 is 1.59. The maximum Gasteiger partial charge on any atom is 0.241 e. The van der Waals surface area contributed by atoms with Crippen molar-refractivity contribution in [2.45, 2.75) is 32.9 Å². The minimum Gasteiger partial charge on any atom is -0.352 e. The van der Waals surface area contributed by atoms with Crippen LogP contribution in [0.15, 0.2) is 46.3 Å². The Morgan fingerprint density at radius 2 is 2.21 bits per heavy atom. The van der Waals surface area contributed by atoms with Gasteiger partial charge in [0, 0.05) is 13.1 Å². The second-order valence-corrected chi connectivity index (χ2v) is 8.16. The van der Waals surface area contributed by atoms with Gasteiger partial charge in [0.1, 0.15) is 0 Å². The van der Waals surface area contributed by atoms with Crippen molar-refractivity contribution in [1.82, 2.24) is 20.4 Å². The van der Waals surface area contributed by atoms with Gasteiger partial charge in [-0.3, -0.25) is 9.69 Å². The summed E-state index contributed by atoms with van der Waals surface area (Å²) in [5.41, 5.74) is 2.36. The number of carbonyl (C=O) groups excluding carboxylic acids is 1. The summed E-state index contributed by atoms with van der Waals surface area (Å²) in [6.45, 7) is 4.89. The van der Waals surface area contributed by atoms with Crippen LogP contribution in [-0.4, -0.2) is 34.0 Å². The quantitative estimate of drug-likeness (QED) is 0.689. The standard InChI is InChI=1S/C21H24N4O2S/c1-15-6-2-3-7-16(15)12-22-21(26)17-8-4-10-25(13-17)14-19-23-20(24-27-19)18-9-5-11-28-18/h2-3,5-7,9,11,17H,4,8,10,12-14H2,1H3,(H,22,26). The number of nitrogens with one attached hydrogen (secondary N) is 1. The zero-order valence-corrected chi connectivity index (χ0v) is 16.7. The lowest BCUT2D eigenvalue weighted by Gasteiger charge is -2.30. The number of likely N-dealkylation sites (tertiary alicyclic amines) is 1. The predicted molar refractivity (Wildman–Crippen MR) is 109 cm³/mol. The summed E-state index contributed by atoms with van der Waals surface area (Å²) in [7, 11) is 0. The molecule has 0 saturated carbocycles. The third-order valence-corrected chi connectivity index (χ3v) is 6.02. The zero-order valence-electron chi connectivity index (χ0n) is 15.9. The van der Waals surface area contributed by atoms with E-state index in [1.165, 1.54) is 5.56 Å². The maximum atomic E-state index is 12.7. The van der Waals surface area contributed by atoms with E-state index in [1.54, 1.807) is 11.3 Å². The van der Waals surface area contributed by atoms with Crippen molar-refractivity contribution in [1.29, 1.82) is 0 Å². The number of aromatic nitrogens is 2. The molecule has 1 aliphatic rings. The van der Waals surface area contributed by atoms with E-state index < -0.39 is 0 Å². The number of rotatable bonds is 6. The van der Waals surface area contributed by atoms with Crippen molar-refractivity contribution < 1.29 is 9.32 Å². The molecule has 0 spiro atoms. The van der Waals surface area contributed by atoms with Crippen LogP contribution in [-0.2, 0) is 17.9 Å². The molecule has 1 aromatic carbocycles. The number of carbonyl (C=O) groups is 1. The van der Waals surface area contributed by atoms with E-state index in [0.29, 0.717) is 24.8 Å². The fraction of sp³-hybridized carbons (Fsp3) is 0.381. The minimum atomic E-state index is -0.00236. The Bertz CT molecular complexity index is 922. The Kier molecular flexibility index (Phi) is 5.83. The lowest BCUT2D eigenvalue weighted by molar-refractivity contribution is -0.127. The van der Waals surface area contributed by atoms with Crippen LogP contribution in [0.1, 0.15) is 29.9 Å². The molecule has 3 heterocycles. The average molecular weight is 397 g/mol. The van der Waals surface area contributed by atoms with Gasteiger partial charge >= 0.3 is 0 Å². The van der Waals surface area contributed by atoms with Gasteiger partial charge in [0.15, 0.2) is 0 Å². The lowest BCUT2D eigenvalue weighted by atomic mass is 9.97. The molecule has 0 aliphatic carbocycles.